The molecule has 0 aromatic rings. The van der Waals surface area contributed by atoms with Crippen molar-refractivity contribution in [3.8, 4) is 0 Å². The maximum absolute atomic E-state index is 9.83. The predicted molar refractivity (Wildman–Crippen MR) is 46.9 cm³/mol. The number of ether oxygens (including phenoxy) is 1. The Labute approximate surface area is 75.9 Å². The summed E-state index contributed by atoms with van der Waals surface area (Å²) in [7, 11) is 0. The van der Waals surface area contributed by atoms with Gasteiger partial charge in [-0.1, -0.05) is 0 Å². The Morgan fingerprint density at radius 2 is 1.58 bits per heavy atom. The van der Waals surface area contributed by atoms with Crippen LogP contribution in [0.25, 0.3) is 0 Å². The molecule has 0 fully saturated rings. The van der Waals surface area contributed by atoms with E-state index >= 15 is 0 Å². The molecule has 4 nitrogen and oxygen atoms in total. The Hall–Kier alpha value is -0.212. The molecule has 0 rings (SSSR count). The number of hydrogen-bond acceptors (Lipinski definition) is 3. The topological polar surface area (TPSA) is 63.6 Å². The van der Waals surface area contributed by atoms with Crippen LogP contribution in [-0.4, -0.2) is 30.0 Å². The molecular weight excluding hydrogens is 223 g/mol. The van der Waals surface area contributed by atoms with Crippen molar-refractivity contribution >= 4 is 20.3 Å². The van der Waals surface area contributed by atoms with Crippen LogP contribution < -0.4 is 0 Å². The second kappa shape index (κ2) is 5.44. The zero-order valence-corrected chi connectivity index (χ0v) is 10.00. The van der Waals surface area contributed by atoms with Gasteiger partial charge in [0.25, 0.3) is 0 Å². The van der Waals surface area contributed by atoms with Crippen LogP contribution in [0.15, 0.2) is 0 Å². The van der Waals surface area contributed by atoms with E-state index in [-0.39, 0.29) is 5.60 Å². The van der Waals surface area contributed by atoms with Crippen LogP contribution in [0.3, 0.4) is 0 Å². The van der Waals surface area contributed by atoms with Crippen molar-refractivity contribution in [2.75, 3.05) is 0 Å². The van der Waals surface area contributed by atoms with E-state index in [1.807, 2.05) is 0 Å². The fourth-order valence-corrected chi connectivity index (χ4v) is 0.125. The van der Waals surface area contributed by atoms with E-state index in [4.69, 9.17) is 4.10 Å². The number of rotatable bonds is 1. The summed E-state index contributed by atoms with van der Waals surface area (Å²) in [5, 5.41) is 0. The molecule has 0 saturated carbocycles. The van der Waals surface area contributed by atoms with Crippen molar-refractivity contribution < 1.29 is 17.4 Å². The molecular formula is C7H16AsO4. The van der Waals surface area contributed by atoms with E-state index < -0.39 is 13.8 Å². The normalized spacial score (nSPS) is 11.2. The van der Waals surface area contributed by atoms with Gasteiger partial charge in [0.05, 0.1) is 0 Å². The third kappa shape index (κ3) is 52.7. The van der Waals surface area contributed by atoms with Gasteiger partial charge in [0, 0.05) is 0 Å². The minimum atomic E-state index is -3.12. The summed E-state index contributed by atoms with van der Waals surface area (Å²) in [5.74, 6) is 0. The van der Waals surface area contributed by atoms with Crippen LogP contribution in [-0.2, 0) is 13.3 Å². The summed E-state index contributed by atoms with van der Waals surface area (Å²) in [6.07, 6.45) is 0. The Morgan fingerprint density at radius 1 is 1.33 bits per heavy atom. The average molecular weight is 239 g/mol. The molecule has 0 aliphatic rings. The third-order valence-electron chi connectivity index (χ3n) is 0.348. The molecule has 73 valence electrons. The Kier molecular flexibility index (Phi) is 6.49. The molecule has 1 radical (unpaired) electrons. The van der Waals surface area contributed by atoms with Gasteiger partial charge in [-0.3, -0.25) is 0 Å². The van der Waals surface area contributed by atoms with E-state index in [1.54, 1.807) is 20.8 Å². The van der Waals surface area contributed by atoms with Crippen molar-refractivity contribution in [1.29, 1.82) is 0 Å². The van der Waals surface area contributed by atoms with Crippen molar-refractivity contribution in [2.45, 2.75) is 37.8 Å². The van der Waals surface area contributed by atoms with E-state index in [1.165, 1.54) is 17.9 Å². The SMILES string of the molecule is CC(C)(C)O[C]=O.C[As](C)(=O)O. The zero-order valence-electron chi connectivity index (χ0n) is 8.12. The van der Waals surface area contributed by atoms with Crippen LogP contribution in [0.4, 0.5) is 0 Å². The van der Waals surface area contributed by atoms with Crippen molar-refractivity contribution in [3.63, 3.8) is 0 Å². The first-order chi connectivity index (χ1) is 5.06. The molecule has 0 aromatic carbocycles. The average Bonchev–Trinajstić information content (AvgIpc) is 1.54. The Balaban J connectivity index is 0. The van der Waals surface area contributed by atoms with Gasteiger partial charge in [-0.05, 0) is 20.8 Å². The van der Waals surface area contributed by atoms with Crippen LogP contribution in [0.2, 0.25) is 11.4 Å². The molecule has 12 heavy (non-hydrogen) atoms. The second-order valence-corrected chi connectivity index (χ2v) is 9.02. The van der Waals surface area contributed by atoms with Gasteiger partial charge in [-0.25, -0.2) is 4.79 Å². The van der Waals surface area contributed by atoms with Gasteiger partial charge in [0.1, 0.15) is 5.60 Å². The molecule has 5 heteroatoms. The first-order valence-corrected chi connectivity index (χ1v) is 8.75. The van der Waals surface area contributed by atoms with E-state index in [2.05, 4.69) is 4.74 Å². The summed E-state index contributed by atoms with van der Waals surface area (Å²) in [4.78, 5) is 9.47. The first-order valence-electron chi connectivity index (χ1n) is 3.39. The standard InChI is InChI=1S/C5H9O2.C2H7AsO2/c1-5(2,3)7-4-6;1-3(2,4)5/h1-3H3;1-2H3,(H,4,5). The molecule has 0 heterocycles. The van der Waals surface area contributed by atoms with Crippen LogP contribution in [0, 0.1) is 0 Å². The van der Waals surface area contributed by atoms with Gasteiger partial charge in [0.2, 0.25) is 0 Å². The van der Waals surface area contributed by atoms with E-state index in [0.717, 1.165) is 0 Å². The predicted octanol–water partition coefficient (Wildman–Crippen LogP) is 0.980. The molecule has 0 bridgehead atoms. The van der Waals surface area contributed by atoms with Gasteiger partial charge in [-0.2, -0.15) is 0 Å². The molecule has 1 N–H and O–H groups in total. The molecule has 0 aliphatic carbocycles. The summed E-state index contributed by atoms with van der Waals surface area (Å²) < 4.78 is 22.4. The molecule has 0 aliphatic heterocycles. The molecule has 0 spiro atoms. The van der Waals surface area contributed by atoms with Crippen molar-refractivity contribution in [2.24, 2.45) is 0 Å². The van der Waals surface area contributed by atoms with Gasteiger partial charge < -0.3 is 4.74 Å². The van der Waals surface area contributed by atoms with Gasteiger partial charge in [0.15, 0.2) is 0 Å². The fraction of sp³-hybridized carbons (Fsp3) is 0.857. The number of hydrogen-bond donors (Lipinski definition) is 1. The summed E-state index contributed by atoms with van der Waals surface area (Å²) in [6, 6.07) is 0. The maximum atomic E-state index is 9.83. The van der Waals surface area contributed by atoms with Crippen LogP contribution in [0.1, 0.15) is 20.8 Å². The molecule has 0 atom stereocenters. The summed E-state index contributed by atoms with van der Waals surface area (Å²) >= 11 is -3.12. The van der Waals surface area contributed by atoms with Gasteiger partial charge >= 0.3 is 39.6 Å². The van der Waals surface area contributed by atoms with Crippen molar-refractivity contribution in [1.82, 2.24) is 0 Å². The van der Waals surface area contributed by atoms with E-state index in [9.17, 15) is 8.53 Å². The molecule has 0 aromatic heterocycles. The molecule has 0 amide bonds. The van der Waals surface area contributed by atoms with Crippen LogP contribution in [0.5, 0.6) is 0 Å². The van der Waals surface area contributed by atoms with Crippen molar-refractivity contribution in [3.05, 3.63) is 0 Å². The van der Waals surface area contributed by atoms with Crippen LogP contribution >= 0.6 is 0 Å². The summed E-state index contributed by atoms with van der Waals surface area (Å²) in [6.45, 7) is 6.73. The Morgan fingerprint density at radius 3 is 1.58 bits per heavy atom. The molecule has 0 saturated heterocycles. The van der Waals surface area contributed by atoms with Gasteiger partial charge in [-0.15, -0.1) is 0 Å². The minimum absolute atomic E-state index is 0.373. The van der Waals surface area contributed by atoms with E-state index in [0.29, 0.717) is 0 Å². The fourth-order valence-electron chi connectivity index (χ4n) is 0.125. The Bertz CT molecular complexity index is 156. The first kappa shape index (κ1) is 14.3. The number of carbonyl (C=O) groups excluding carboxylic acids is 1. The quantitative estimate of drug-likeness (QED) is 0.693. The zero-order chi connectivity index (χ0) is 10.4. The molecule has 0 unspecified atom stereocenters. The monoisotopic (exact) mass is 239 g/mol. The second-order valence-electron chi connectivity index (χ2n) is 3.59. The summed E-state index contributed by atoms with van der Waals surface area (Å²) in [5.41, 5.74) is 2.35. The third-order valence-corrected chi connectivity index (χ3v) is 0.348.